The van der Waals surface area contributed by atoms with Gasteiger partial charge in [-0.05, 0) is 19.9 Å². The molecule has 0 fully saturated rings. The van der Waals surface area contributed by atoms with Crippen LogP contribution in [0.3, 0.4) is 0 Å². The van der Waals surface area contributed by atoms with Crippen LogP contribution in [0.4, 0.5) is 5.69 Å². The maximum Gasteiger partial charge on any atom is 0.163 e. The third-order valence-electron chi connectivity index (χ3n) is 4.47. The second-order valence-electron chi connectivity index (χ2n) is 6.21. The number of aliphatic imine (C=N–C) groups is 1. The maximum absolute atomic E-state index is 6.36. The Morgan fingerprint density at radius 3 is 2.08 bits per heavy atom. The summed E-state index contributed by atoms with van der Waals surface area (Å²) in [6, 6.07) is 22.2. The lowest BCUT2D eigenvalue weighted by molar-refractivity contribution is 1.09. The number of halogens is 1. The predicted molar refractivity (Wildman–Crippen MR) is 108 cm³/mol. The van der Waals surface area contributed by atoms with Crippen LogP contribution in [0.15, 0.2) is 77.9 Å². The lowest BCUT2D eigenvalue weighted by Gasteiger charge is -2.09. The fourth-order valence-corrected chi connectivity index (χ4v) is 3.21. The SMILES string of the molecule is Cc1nc2c(N=C(c3ccccc3)c3ccccc3)cc(Cl)cn2c1C. The second kappa shape index (κ2) is 6.77. The molecule has 4 heteroatoms. The van der Waals surface area contributed by atoms with E-state index in [1.807, 2.05) is 66.9 Å². The average Bonchev–Trinajstić information content (AvgIpc) is 2.96. The summed E-state index contributed by atoms with van der Waals surface area (Å²) in [4.78, 5) is 9.68. The number of pyridine rings is 1. The van der Waals surface area contributed by atoms with Gasteiger partial charge in [0.2, 0.25) is 0 Å². The highest BCUT2D eigenvalue weighted by molar-refractivity contribution is 6.31. The van der Waals surface area contributed by atoms with Crippen LogP contribution in [0, 0.1) is 13.8 Å². The van der Waals surface area contributed by atoms with E-state index >= 15 is 0 Å². The van der Waals surface area contributed by atoms with Crippen molar-refractivity contribution in [2.45, 2.75) is 13.8 Å². The Kier molecular flexibility index (Phi) is 4.31. The molecule has 0 unspecified atom stereocenters. The van der Waals surface area contributed by atoms with E-state index in [0.29, 0.717) is 5.02 Å². The van der Waals surface area contributed by atoms with Crippen LogP contribution in [0.25, 0.3) is 5.65 Å². The number of imidazole rings is 1. The summed E-state index contributed by atoms with van der Waals surface area (Å²) in [6.45, 7) is 4.04. The zero-order chi connectivity index (χ0) is 18.1. The topological polar surface area (TPSA) is 29.7 Å². The summed E-state index contributed by atoms with van der Waals surface area (Å²) in [5.74, 6) is 0. The van der Waals surface area contributed by atoms with Crippen molar-refractivity contribution in [3.63, 3.8) is 0 Å². The molecule has 26 heavy (non-hydrogen) atoms. The van der Waals surface area contributed by atoms with Crippen molar-refractivity contribution in [2.24, 2.45) is 4.99 Å². The number of nitrogens with zero attached hydrogens (tertiary/aromatic N) is 3. The van der Waals surface area contributed by atoms with E-state index in [4.69, 9.17) is 21.6 Å². The Bertz CT molecular complexity index is 1060. The van der Waals surface area contributed by atoms with Gasteiger partial charge in [-0.2, -0.15) is 0 Å². The highest BCUT2D eigenvalue weighted by Gasteiger charge is 2.13. The highest BCUT2D eigenvalue weighted by atomic mass is 35.5. The Hall–Kier alpha value is -2.91. The standard InChI is InChI=1S/C22H18ClN3/c1-15-16(2)26-14-19(23)13-20(22(26)24-15)25-21(17-9-5-3-6-10-17)18-11-7-4-8-12-18/h3-14H,1-2H3. The first-order valence-corrected chi connectivity index (χ1v) is 8.85. The molecule has 2 aromatic heterocycles. The van der Waals surface area contributed by atoms with Crippen LogP contribution in [-0.2, 0) is 0 Å². The molecule has 0 aliphatic heterocycles. The van der Waals surface area contributed by atoms with Gasteiger partial charge in [0.1, 0.15) is 5.69 Å². The van der Waals surface area contributed by atoms with Gasteiger partial charge in [0.05, 0.1) is 16.4 Å². The summed E-state index contributed by atoms with van der Waals surface area (Å²) in [7, 11) is 0. The van der Waals surface area contributed by atoms with Crippen molar-refractivity contribution in [3.8, 4) is 0 Å². The lowest BCUT2D eigenvalue weighted by atomic mass is 10.0. The number of aryl methyl sites for hydroxylation is 2. The quantitative estimate of drug-likeness (QED) is 0.427. The molecule has 2 heterocycles. The number of hydrogen-bond donors (Lipinski definition) is 0. The fraction of sp³-hybridized carbons (Fsp3) is 0.0909. The van der Waals surface area contributed by atoms with Crippen LogP contribution in [-0.4, -0.2) is 15.1 Å². The molecule has 0 amide bonds. The Balaban J connectivity index is 1.99. The first-order valence-electron chi connectivity index (χ1n) is 8.48. The molecule has 2 aromatic carbocycles. The van der Waals surface area contributed by atoms with E-state index in [1.165, 1.54) is 0 Å². The van der Waals surface area contributed by atoms with Crippen LogP contribution in [0.5, 0.6) is 0 Å². The predicted octanol–water partition coefficient (Wildman–Crippen LogP) is 5.77. The summed E-state index contributed by atoms with van der Waals surface area (Å²) in [5.41, 5.74) is 6.62. The molecule has 0 saturated heterocycles. The molecule has 0 atom stereocenters. The van der Waals surface area contributed by atoms with E-state index in [-0.39, 0.29) is 0 Å². The Morgan fingerprint density at radius 2 is 1.50 bits per heavy atom. The van der Waals surface area contributed by atoms with Gasteiger partial charge < -0.3 is 4.40 Å². The largest absolute Gasteiger partial charge is 0.301 e. The average molecular weight is 360 g/mol. The summed E-state index contributed by atoms with van der Waals surface area (Å²) in [6.07, 6.45) is 1.88. The van der Waals surface area contributed by atoms with Gasteiger partial charge in [-0.3, -0.25) is 0 Å². The van der Waals surface area contributed by atoms with Gasteiger partial charge in [-0.15, -0.1) is 0 Å². The van der Waals surface area contributed by atoms with Crippen LogP contribution in [0.1, 0.15) is 22.5 Å². The maximum atomic E-state index is 6.36. The van der Waals surface area contributed by atoms with Crippen molar-refractivity contribution in [1.82, 2.24) is 9.38 Å². The molecule has 0 spiro atoms. The summed E-state index contributed by atoms with van der Waals surface area (Å²) in [5, 5.41) is 0.636. The molecule has 0 saturated carbocycles. The molecule has 128 valence electrons. The van der Waals surface area contributed by atoms with Gasteiger partial charge >= 0.3 is 0 Å². The molecule has 3 nitrogen and oxygen atoms in total. The van der Waals surface area contributed by atoms with Gasteiger partial charge in [-0.1, -0.05) is 72.3 Å². The third-order valence-corrected chi connectivity index (χ3v) is 4.68. The van der Waals surface area contributed by atoms with E-state index in [1.54, 1.807) is 0 Å². The monoisotopic (exact) mass is 359 g/mol. The molecule has 0 aliphatic carbocycles. The lowest BCUT2D eigenvalue weighted by Crippen LogP contribution is -2.03. The number of hydrogen-bond acceptors (Lipinski definition) is 2. The molecule has 4 aromatic rings. The molecular weight excluding hydrogens is 342 g/mol. The normalized spacial score (nSPS) is 10.9. The third kappa shape index (κ3) is 3.02. The first kappa shape index (κ1) is 16.6. The number of benzene rings is 2. The molecule has 4 rings (SSSR count). The molecule has 0 N–H and O–H groups in total. The van der Waals surface area contributed by atoms with Crippen LogP contribution >= 0.6 is 11.6 Å². The fourth-order valence-electron chi connectivity index (χ4n) is 3.01. The Morgan fingerprint density at radius 1 is 0.923 bits per heavy atom. The highest BCUT2D eigenvalue weighted by Crippen LogP contribution is 2.28. The zero-order valence-corrected chi connectivity index (χ0v) is 15.4. The first-order chi connectivity index (χ1) is 12.6. The van der Waals surface area contributed by atoms with Crippen molar-refractivity contribution in [1.29, 1.82) is 0 Å². The van der Waals surface area contributed by atoms with Gasteiger partial charge in [0.25, 0.3) is 0 Å². The summed E-state index contributed by atoms with van der Waals surface area (Å²) >= 11 is 6.36. The Labute approximate surface area is 157 Å². The summed E-state index contributed by atoms with van der Waals surface area (Å²) < 4.78 is 2.00. The number of aromatic nitrogens is 2. The van der Waals surface area contributed by atoms with Crippen molar-refractivity contribution < 1.29 is 0 Å². The number of rotatable bonds is 3. The smallest absolute Gasteiger partial charge is 0.163 e. The van der Waals surface area contributed by atoms with E-state index in [2.05, 4.69) is 24.3 Å². The van der Waals surface area contributed by atoms with E-state index in [0.717, 1.165) is 39.6 Å². The van der Waals surface area contributed by atoms with Gasteiger partial charge in [0.15, 0.2) is 5.65 Å². The van der Waals surface area contributed by atoms with Crippen LogP contribution < -0.4 is 0 Å². The number of fused-ring (bicyclic) bond motifs is 1. The van der Waals surface area contributed by atoms with Gasteiger partial charge in [-0.25, -0.2) is 9.98 Å². The van der Waals surface area contributed by atoms with Crippen molar-refractivity contribution >= 4 is 28.6 Å². The van der Waals surface area contributed by atoms with Crippen molar-refractivity contribution in [3.05, 3.63) is 100 Å². The minimum absolute atomic E-state index is 0.636. The molecular formula is C22H18ClN3. The zero-order valence-electron chi connectivity index (χ0n) is 14.6. The van der Waals surface area contributed by atoms with Gasteiger partial charge in [0, 0.05) is 23.0 Å². The van der Waals surface area contributed by atoms with E-state index in [9.17, 15) is 0 Å². The minimum Gasteiger partial charge on any atom is -0.301 e. The minimum atomic E-state index is 0.636. The molecule has 0 radical (unpaired) electrons. The van der Waals surface area contributed by atoms with Crippen molar-refractivity contribution in [2.75, 3.05) is 0 Å². The van der Waals surface area contributed by atoms with E-state index < -0.39 is 0 Å². The second-order valence-corrected chi connectivity index (χ2v) is 6.65. The molecule has 0 bridgehead atoms. The van der Waals surface area contributed by atoms with Crippen LogP contribution in [0.2, 0.25) is 5.02 Å². The molecule has 0 aliphatic rings.